The number of hydrogen-bond donors (Lipinski definition) is 1. The highest BCUT2D eigenvalue weighted by Gasteiger charge is 2.06. The first-order chi connectivity index (χ1) is 8.16. The summed E-state index contributed by atoms with van der Waals surface area (Å²) in [6, 6.07) is 0. The van der Waals surface area contributed by atoms with Gasteiger partial charge >= 0.3 is 0 Å². The van der Waals surface area contributed by atoms with Crippen molar-refractivity contribution in [1.29, 1.82) is 0 Å². The van der Waals surface area contributed by atoms with Crippen LogP contribution in [0.25, 0.3) is 0 Å². The lowest BCUT2D eigenvalue weighted by molar-refractivity contribution is 0.244. The summed E-state index contributed by atoms with van der Waals surface area (Å²) in [7, 11) is 6.01. The van der Waals surface area contributed by atoms with Crippen LogP contribution in [0.5, 0.6) is 0 Å². The topological polar surface area (TPSA) is 42.3 Å². The molecule has 5 nitrogen and oxygen atoms in total. The Kier molecular flexibility index (Phi) is 5.56. The molecule has 0 bridgehead atoms. The van der Waals surface area contributed by atoms with Gasteiger partial charge < -0.3 is 19.5 Å². The Hall–Kier alpha value is -1.49. The van der Waals surface area contributed by atoms with Crippen molar-refractivity contribution in [2.24, 2.45) is 7.05 Å². The Labute approximate surface area is 103 Å². The van der Waals surface area contributed by atoms with E-state index in [0.717, 1.165) is 25.5 Å². The second kappa shape index (κ2) is 6.96. The summed E-state index contributed by atoms with van der Waals surface area (Å²) in [6.45, 7) is 5.96. The van der Waals surface area contributed by atoms with Crippen molar-refractivity contribution in [2.75, 3.05) is 32.1 Å². The molecular formula is C12H22N4O. The van der Waals surface area contributed by atoms with Crippen molar-refractivity contribution in [3.8, 4) is 0 Å². The Morgan fingerprint density at radius 3 is 2.94 bits per heavy atom. The molecule has 0 aliphatic rings. The van der Waals surface area contributed by atoms with Crippen molar-refractivity contribution in [2.45, 2.75) is 13.0 Å². The lowest BCUT2D eigenvalue weighted by Gasteiger charge is -2.12. The molecule has 5 heteroatoms. The van der Waals surface area contributed by atoms with Crippen LogP contribution in [0.4, 0.5) is 5.95 Å². The van der Waals surface area contributed by atoms with Crippen LogP contribution in [0.15, 0.2) is 19.0 Å². The van der Waals surface area contributed by atoms with Crippen molar-refractivity contribution < 1.29 is 4.74 Å². The maximum absolute atomic E-state index is 5.04. The van der Waals surface area contributed by atoms with Crippen molar-refractivity contribution in [1.82, 2.24) is 14.9 Å². The molecule has 0 aromatic carbocycles. The monoisotopic (exact) mass is 238 g/mol. The Morgan fingerprint density at radius 1 is 1.59 bits per heavy atom. The van der Waals surface area contributed by atoms with Gasteiger partial charge in [0, 0.05) is 27.7 Å². The minimum Gasteiger partial charge on any atom is -0.502 e. The molecule has 1 rings (SSSR count). The predicted molar refractivity (Wildman–Crippen MR) is 70.0 cm³/mol. The fraction of sp³-hybridized carbons (Fsp3) is 0.583. The zero-order valence-corrected chi connectivity index (χ0v) is 10.9. The largest absolute Gasteiger partial charge is 0.502 e. The lowest BCUT2D eigenvalue weighted by Crippen LogP contribution is -2.19. The first-order valence-electron chi connectivity index (χ1n) is 5.78. The van der Waals surface area contributed by atoms with E-state index in [1.54, 1.807) is 0 Å². The zero-order chi connectivity index (χ0) is 12.7. The number of imidazole rings is 1. The highest BCUT2D eigenvalue weighted by Crippen LogP contribution is 2.10. The van der Waals surface area contributed by atoms with Gasteiger partial charge in [-0.05, 0) is 13.0 Å². The summed E-state index contributed by atoms with van der Waals surface area (Å²) in [5.74, 6) is 0.969. The maximum Gasteiger partial charge on any atom is 0.204 e. The SMILES string of the molecule is C=COCCCNCc1cnc(N(C)C)n1C. The molecule has 1 N–H and O–H groups in total. The second-order valence-electron chi connectivity index (χ2n) is 4.07. The Bertz CT molecular complexity index is 346. The van der Waals surface area contributed by atoms with E-state index in [2.05, 4.69) is 21.4 Å². The Balaban J connectivity index is 2.30. The van der Waals surface area contributed by atoms with Gasteiger partial charge in [-0.1, -0.05) is 6.58 Å². The van der Waals surface area contributed by atoms with Gasteiger partial charge in [0.1, 0.15) is 0 Å². The third-order valence-corrected chi connectivity index (χ3v) is 2.50. The highest BCUT2D eigenvalue weighted by atomic mass is 16.5. The molecule has 0 unspecified atom stereocenters. The lowest BCUT2D eigenvalue weighted by atomic mass is 10.4. The van der Waals surface area contributed by atoms with Gasteiger partial charge in [-0.25, -0.2) is 4.98 Å². The number of nitrogens with zero attached hydrogens (tertiary/aromatic N) is 3. The van der Waals surface area contributed by atoms with Gasteiger partial charge in [0.15, 0.2) is 0 Å². The normalized spacial score (nSPS) is 10.3. The van der Waals surface area contributed by atoms with E-state index in [9.17, 15) is 0 Å². The van der Waals surface area contributed by atoms with Crippen molar-refractivity contribution in [3.63, 3.8) is 0 Å². The maximum atomic E-state index is 5.04. The van der Waals surface area contributed by atoms with Crippen LogP contribution in [-0.4, -0.2) is 36.8 Å². The first-order valence-corrected chi connectivity index (χ1v) is 5.78. The minimum atomic E-state index is 0.713. The molecule has 0 fully saturated rings. The first kappa shape index (κ1) is 13.6. The summed E-state index contributed by atoms with van der Waals surface area (Å²) in [6.07, 6.45) is 4.36. The number of hydrogen-bond acceptors (Lipinski definition) is 4. The molecular weight excluding hydrogens is 216 g/mol. The number of aromatic nitrogens is 2. The molecule has 0 amide bonds. The number of ether oxygens (including phenoxy) is 1. The third kappa shape index (κ3) is 4.11. The highest BCUT2D eigenvalue weighted by molar-refractivity contribution is 5.30. The van der Waals surface area contributed by atoms with E-state index < -0.39 is 0 Å². The number of anilines is 1. The van der Waals surface area contributed by atoms with E-state index in [4.69, 9.17) is 4.74 Å². The number of rotatable bonds is 8. The zero-order valence-electron chi connectivity index (χ0n) is 10.9. The fourth-order valence-electron chi connectivity index (χ4n) is 1.59. The van der Waals surface area contributed by atoms with E-state index in [-0.39, 0.29) is 0 Å². The fourth-order valence-corrected chi connectivity index (χ4v) is 1.59. The molecule has 1 aromatic heterocycles. The average Bonchev–Trinajstić information content (AvgIpc) is 2.65. The van der Waals surface area contributed by atoms with E-state index in [1.165, 1.54) is 12.0 Å². The van der Waals surface area contributed by atoms with Crippen LogP contribution in [0.1, 0.15) is 12.1 Å². The molecule has 0 saturated heterocycles. The predicted octanol–water partition coefficient (Wildman–Crippen LogP) is 1.13. The standard InChI is InChI=1S/C12H22N4O/c1-5-17-8-6-7-13-9-11-10-14-12(15(2)3)16(11)4/h5,10,13H,1,6-9H2,2-4H3. The van der Waals surface area contributed by atoms with Crippen LogP contribution in [0, 0.1) is 0 Å². The molecule has 0 atom stereocenters. The molecule has 1 heterocycles. The van der Waals surface area contributed by atoms with Crippen molar-refractivity contribution >= 4 is 5.95 Å². The molecule has 1 aromatic rings. The summed E-state index contributed by atoms with van der Waals surface area (Å²) in [5, 5.41) is 3.36. The van der Waals surface area contributed by atoms with Crippen LogP contribution < -0.4 is 10.2 Å². The minimum absolute atomic E-state index is 0.713. The Morgan fingerprint density at radius 2 is 2.35 bits per heavy atom. The van der Waals surface area contributed by atoms with Gasteiger partial charge in [0.05, 0.1) is 24.8 Å². The molecule has 0 spiro atoms. The van der Waals surface area contributed by atoms with E-state index >= 15 is 0 Å². The number of nitrogens with one attached hydrogen (secondary N) is 1. The van der Waals surface area contributed by atoms with E-state index in [0.29, 0.717) is 6.61 Å². The van der Waals surface area contributed by atoms with Gasteiger partial charge in [-0.3, -0.25) is 0 Å². The van der Waals surface area contributed by atoms with Crippen LogP contribution in [0.3, 0.4) is 0 Å². The van der Waals surface area contributed by atoms with Crippen LogP contribution >= 0.6 is 0 Å². The molecule has 17 heavy (non-hydrogen) atoms. The third-order valence-electron chi connectivity index (χ3n) is 2.50. The van der Waals surface area contributed by atoms with E-state index in [1.807, 2.05) is 32.2 Å². The molecule has 0 radical (unpaired) electrons. The molecule has 0 saturated carbocycles. The van der Waals surface area contributed by atoms with Gasteiger partial charge in [0.25, 0.3) is 0 Å². The van der Waals surface area contributed by atoms with Gasteiger partial charge in [0.2, 0.25) is 5.95 Å². The summed E-state index contributed by atoms with van der Waals surface area (Å²) < 4.78 is 7.14. The average molecular weight is 238 g/mol. The summed E-state index contributed by atoms with van der Waals surface area (Å²) >= 11 is 0. The second-order valence-corrected chi connectivity index (χ2v) is 4.07. The molecule has 0 aliphatic heterocycles. The van der Waals surface area contributed by atoms with Gasteiger partial charge in [-0.15, -0.1) is 0 Å². The summed E-state index contributed by atoms with van der Waals surface area (Å²) in [4.78, 5) is 6.36. The van der Waals surface area contributed by atoms with Crippen LogP contribution in [0.2, 0.25) is 0 Å². The van der Waals surface area contributed by atoms with Gasteiger partial charge in [-0.2, -0.15) is 0 Å². The molecule has 96 valence electrons. The van der Waals surface area contributed by atoms with Crippen LogP contribution in [-0.2, 0) is 18.3 Å². The smallest absolute Gasteiger partial charge is 0.204 e. The quantitative estimate of drug-likeness (QED) is 0.544. The summed E-state index contributed by atoms with van der Waals surface area (Å²) in [5.41, 5.74) is 1.18. The van der Waals surface area contributed by atoms with Crippen molar-refractivity contribution in [3.05, 3.63) is 24.7 Å². The molecule has 0 aliphatic carbocycles.